The minimum atomic E-state index is -0.500. The molecule has 0 aliphatic heterocycles. The molecule has 0 fully saturated rings. The van der Waals surface area contributed by atoms with Crippen molar-refractivity contribution in [2.75, 3.05) is 11.9 Å². The molecular weight excluding hydrogens is 390 g/mol. The fraction of sp³-hybridized carbons (Fsp3) is 0.182. The molecule has 0 unspecified atom stereocenters. The fourth-order valence-electron chi connectivity index (χ4n) is 3.23. The summed E-state index contributed by atoms with van der Waals surface area (Å²) in [5, 5.41) is 6.68. The number of benzene rings is 1. The van der Waals surface area contributed by atoms with Gasteiger partial charge < -0.3 is 10.1 Å². The van der Waals surface area contributed by atoms with Gasteiger partial charge in [-0.2, -0.15) is 0 Å². The van der Waals surface area contributed by atoms with Crippen LogP contribution in [0.3, 0.4) is 0 Å². The number of fused-ring (bicyclic) bond motifs is 1. The molecule has 0 spiro atoms. The monoisotopic (exact) mass is 409 g/mol. The molecular formula is C22H19NO3S2. The van der Waals surface area contributed by atoms with E-state index in [4.69, 9.17) is 4.74 Å². The number of anilines is 1. The lowest BCUT2D eigenvalue weighted by Gasteiger charge is -2.09. The third kappa shape index (κ3) is 4.40. The smallest absolute Gasteiger partial charge is 0.340 e. The molecule has 0 atom stereocenters. The Morgan fingerprint density at radius 3 is 2.64 bits per heavy atom. The van der Waals surface area contributed by atoms with E-state index in [2.05, 4.69) is 11.4 Å². The molecule has 28 heavy (non-hydrogen) atoms. The molecule has 0 bridgehead atoms. The molecule has 1 N–H and O–H groups in total. The Hall–Kier alpha value is -2.70. The average molecular weight is 410 g/mol. The van der Waals surface area contributed by atoms with Gasteiger partial charge in [0.2, 0.25) is 0 Å². The molecule has 4 rings (SSSR count). The topological polar surface area (TPSA) is 55.4 Å². The fourth-order valence-corrected chi connectivity index (χ4v) is 4.62. The largest absolute Gasteiger partial charge is 0.452 e. The normalized spacial score (nSPS) is 13.2. The van der Waals surface area contributed by atoms with Crippen LogP contribution < -0.4 is 5.32 Å². The summed E-state index contributed by atoms with van der Waals surface area (Å²) in [6.45, 7) is -0.316. The summed E-state index contributed by atoms with van der Waals surface area (Å²) in [7, 11) is 0. The predicted octanol–water partition coefficient (Wildman–Crippen LogP) is 5.02. The van der Waals surface area contributed by atoms with Gasteiger partial charge in [0.15, 0.2) is 6.61 Å². The van der Waals surface area contributed by atoms with E-state index in [1.807, 2.05) is 47.2 Å². The highest BCUT2D eigenvalue weighted by atomic mass is 32.1. The number of rotatable bonds is 6. The van der Waals surface area contributed by atoms with E-state index in [0.717, 1.165) is 34.7 Å². The number of thiophene rings is 2. The highest BCUT2D eigenvalue weighted by molar-refractivity contribution is 7.12. The minimum absolute atomic E-state index is 0.316. The number of esters is 1. The standard InChI is InChI=1S/C22H19NO3S2/c24-21(23-17-9-8-15-4-1-5-16(15)12-17)14-26-22(25)19(20-7-3-11-28-20)13-18-6-2-10-27-18/h2-3,6-13H,1,4-5,14H2,(H,23,24)/b19-13+. The molecule has 1 aliphatic carbocycles. The van der Waals surface area contributed by atoms with Crippen LogP contribution in [0.15, 0.2) is 53.2 Å². The van der Waals surface area contributed by atoms with Gasteiger partial charge in [-0.1, -0.05) is 18.2 Å². The Labute approximate surface area is 171 Å². The first-order valence-electron chi connectivity index (χ1n) is 9.07. The van der Waals surface area contributed by atoms with Crippen LogP contribution in [0.5, 0.6) is 0 Å². The number of carbonyl (C=O) groups is 2. The number of carbonyl (C=O) groups excluding carboxylic acids is 2. The number of aryl methyl sites for hydroxylation is 2. The van der Waals surface area contributed by atoms with Crippen LogP contribution >= 0.6 is 22.7 Å². The SMILES string of the molecule is O=C(COC(=O)/C(=C/c1cccs1)c1cccs1)Nc1ccc2c(c1)CCC2. The second kappa shape index (κ2) is 8.54. The van der Waals surface area contributed by atoms with Crippen molar-refractivity contribution in [2.24, 2.45) is 0 Å². The van der Waals surface area contributed by atoms with Crippen LogP contribution in [-0.2, 0) is 27.2 Å². The lowest BCUT2D eigenvalue weighted by Crippen LogP contribution is -2.21. The zero-order valence-corrected chi connectivity index (χ0v) is 16.8. The zero-order valence-electron chi connectivity index (χ0n) is 15.1. The van der Waals surface area contributed by atoms with Crippen LogP contribution in [0.2, 0.25) is 0 Å². The number of amides is 1. The molecule has 0 saturated heterocycles. The highest BCUT2D eigenvalue weighted by Gasteiger charge is 2.17. The number of hydrogen-bond acceptors (Lipinski definition) is 5. The Bertz CT molecular complexity index is 1000. The molecule has 1 aliphatic rings. The maximum Gasteiger partial charge on any atom is 0.340 e. The van der Waals surface area contributed by atoms with Gasteiger partial charge in [0.1, 0.15) is 0 Å². The lowest BCUT2D eigenvalue weighted by molar-refractivity contribution is -0.141. The molecule has 1 amide bonds. The summed E-state index contributed by atoms with van der Waals surface area (Å²) in [5.41, 5.74) is 3.84. The van der Waals surface area contributed by atoms with Crippen molar-refractivity contribution in [2.45, 2.75) is 19.3 Å². The van der Waals surface area contributed by atoms with Crippen LogP contribution in [0.1, 0.15) is 27.3 Å². The summed E-state index contributed by atoms with van der Waals surface area (Å²) < 4.78 is 5.30. The molecule has 3 aromatic rings. The van der Waals surface area contributed by atoms with E-state index in [1.54, 1.807) is 17.4 Å². The first kappa shape index (κ1) is 18.7. The zero-order chi connectivity index (χ0) is 19.3. The van der Waals surface area contributed by atoms with Gasteiger partial charge in [-0.05, 0) is 71.5 Å². The van der Waals surface area contributed by atoms with Crippen molar-refractivity contribution < 1.29 is 14.3 Å². The molecule has 142 valence electrons. The van der Waals surface area contributed by atoms with E-state index >= 15 is 0 Å². The van der Waals surface area contributed by atoms with E-state index in [-0.39, 0.29) is 12.5 Å². The molecule has 4 nitrogen and oxygen atoms in total. The third-order valence-electron chi connectivity index (χ3n) is 4.55. The van der Waals surface area contributed by atoms with Crippen molar-refractivity contribution in [3.8, 4) is 0 Å². The van der Waals surface area contributed by atoms with Crippen molar-refractivity contribution in [1.82, 2.24) is 0 Å². The first-order valence-corrected chi connectivity index (χ1v) is 10.8. The van der Waals surface area contributed by atoms with Gasteiger partial charge in [0.05, 0.1) is 5.57 Å². The number of ether oxygens (including phenoxy) is 1. The second-order valence-corrected chi connectivity index (χ2v) is 8.44. The van der Waals surface area contributed by atoms with Crippen LogP contribution in [-0.4, -0.2) is 18.5 Å². The predicted molar refractivity (Wildman–Crippen MR) is 115 cm³/mol. The lowest BCUT2D eigenvalue weighted by atomic mass is 10.1. The van der Waals surface area contributed by atoms with Crippen molar-refractivity contribution >= 4 is 51.9 Å². The maximum atomic E-state index is 12.6. The van der Waals surface area contributed by atoms with Gasteiger partial charge in [0.25, 0.3) is 5.91 Å². The Morgan fingerprint density at radius 2 is 1.86 bits per heavy atom. The van der Waals surface area contributed by atoms with Crippen molar-refractivity contribution in [3.63, 3.8) is 0 Å². The minimum Gasteiger partial charge on any atom is -0.452 e. The molecule has 2 aromatic heterocycles. The number of nitrogens with one attached hydrogen (secondary N) is 1. The summed E-state index contributed by atoms with van der Waals surface area (Å²) in [4.78, 5) is 26.6. The summed E-state index contributed by atoms with van der Waals surface area (Å²) in [5.74, 6) is -0.840. The Balaban J connectivity index is 1.40. The molecule has 2 heterocycles. The summed E-state index contributed by atoms with van der Waals surface area (Å²) in [6, 6.07) is 13.6. The van der Waals surface area contributed by atoms with Gasteiger partial charge in [-0.3, -0.25) is 4.79 Å². The van der Waals surface area contributed by atoms with E-state index in [9.17, 15) is 9.59 Å². The van der Waals surface area contributed by atoms with Gasteiger partial charge >= 0.3 is 5.97 Å². The van der Waals surface area contributed by atoms with Gasteiger partial charge in [-0.15, -0.1) is 22.7 Å². The second-order valence-electron chi connectivity index (χ2n) is 6.51. The third-order valence-corrected chi connectivity index (χ3v) is 6.28. The molecule has 1 aromatic carbocycles. The van der Waals surface area contributed by atoms with Gasteiger partial charge in [0, 0.05) is 15.4 Å². The molecule has 0 saturated carbocycles. The van der Waals surface area contributed by atoms with E-state index < -0.39 is 5.97 Å². The van der Waals surface area contributed by atoms with Gasteiger partial charge in [-0.25, -0.2) is 4.79 Å². The quantitative estimate of drug-likeness (QED) is 0.459. The average Bonchev–Trinajstić information content (AvgIpc) is 3.46. The highest BCUT2D eigenvalue weighted by Crippen LogP contribution is 2.26. The summed E-state index contributed by atoms with van der Waals surface area (Å²) >= 11 is 3.01. The summed E-state index contributed by atoms with van der Waals surface area (Å²) in [6.07, 6.45) is 5.11. The van der Waals surface area contributed by atoms with Crippen LogP contribution in [0, 0.1) is 0 Å². The number of hydrogen-bond donors (Lipinski definition) is 1. The Kier molecular flexibility index (Phi) is 5.69. The van der Waals surface area contributed by atoms with E-state index in [1.165, 1.54) is 22.5 Å². The van der Waals surface area contributed by atoms with Crippen molar-refractivity contribution in [3.05, 3.63) is 74.1 Å². The van der Waals surface area contributed by atoms with E-state index in [0.29, 0.717) is 5.57 Å². The van der Waals surface area contributed by atoms with Crippen LogP contribution in [0.25, 0.3) is 11.6 Å². The van der Waals surface area contributed by atoms with Crippen LogP contribution in [0.4, 0.5) is 5.69 Å². The maximum absolute atomic E-state index is 12.6. The molecule has 6 heteroatoms. The van der Waals surface area contributed by atoms with Crippen molar-refractivity contribution in [1.29, 1.82) is 0 Å². The first-order chi connectivity index (χ1) is 13.7. The Morgan fingerprint density at radius 1 is 1.04 bits per heavy atom. The molecule has 0 radical (unpaired) electrons.